The van der Waals surface area contributed by atoms with Gasteiger partial charge in [-0.1, -0.05) is 37.3 Å². The van der Waals surface area contributed by atoms with E-state index in [-0.39, 0.29) is 22.9 Å². The molecule has 4 rings (SSSR count). The third-order valence-corrected chi connectivity index (χ3v) is 7.42. The van der Waals surface area contributed by atoms with Crippen molar-refractivity contribution in [2.24, 2.45) is 0 Å². The number of nitrogens with one attached hydrogen (secondary N) is 2. The van der Waals surface area contributed by atoms with Gasteiger partial charge in [-0.05, 0) is 54.3 Å². The van der Waals surface area contributed by atoms with E-state index < -0.39 is 33.6 Å². The van der Waals surface area contributed by atoms with Crippen LogP contribution in [0.5, 0.6) is 0 Å². The zero-order chi connectivity index (χ0) is 25.9. The van der Waals surface area contributed by atoms with Gasteiger partial charge in [-0.3, -0.25) is 9.59 Å². The largest absolute Gasteiger partial charge is 0.322 e. The number of hydrogen-bond donors (Lipinski definition) is 2. The molecule has 0 spiro atoms. The van der Waals surface area contributed by atoms with Crippen molar-refractivity contribution in [3.8, 4) is 0 Å². The van der Waals surface area contributed by atoms with Crippen molar-refractivity contribution in [2.45, 2.75) is 37.1 Å². The molecule has 1 atom stereocenters. The van der Waals surface area contributed by atoms with E-state index in [2.05, 4.69) is 10.0 Å². The van der Waals surface area contributed by atoms with E-state index in [0.717, 1.165) is 17.7 Å². The van der Waals surface area contributed by atoms with Gasteiger partial charge in [0.2, 0.25) is 21.8 Å². The normalized spacial score (nSPS) is 13.8. The van der Waals surface area contributed by atoms with Crippen LogP contribution in [0.1, 0.15) is 24.5 Å². The first-order chi connectivity index (χ1) is 17.2. The maximum atomic E-state index is 14.1. The first-order valence-electron chi connectivity index (χ1n) is 11.4. The van der Waals surface area contributed by atoms with E-state index in [4.69, 9.17) is 0 Å². The Bertz CT molecular complexity index is 1400. The lowest BCUT2D eigenvalue weighted by Crippen LogP contribution is -2.45. The van der Waals surface area contributed by atoms with Crippen LogP contribution < -0.4 is 14.9 Å². The molecule has 10 heteroatoms. The summed E-state index contributed by atoms with van der Waals surface area (Å²) in [6.45, 7) is 2.24. The molecule has 0 bridgehead atoms. The molecule has 0 fully saturated rings. The maximum absolute atomic E-state index is 14.1. The summed E-state index contributed by atoms with van der Waals surface area (Å²) in [7, 11) is -4.17. The second-order valence-electron chi connectivity index (χ2n) is 8.42. The first kappa shape index (κ1) is 25.5. The zero-order valence-electron chi connectivity index (χ0n) is 19.5. The van der Waals surface area contributed by atoms with Gasteiger partial charge in [0.15, 0.2) is 0 Å². The lowest BCUT2D eigenvalue weighted by atomic mass is 10.1. The van der Waals surface area contributed by atoms with Gasteiger partial charge in [-0.15, -0.1) is 0 Å². The van der Waals surface area contributed by atoms with E-state index in [1.165, 1.54) is 12.1 Å². The molecule has 2 N–H and O–H groups in total. The first-order valence-corrected chi connectivity index (χ1v) is 12.9. The molecule has 36 heavy (non-hydrogen) atoms. The van der Waals surface area contributed by atoms with E-state index in [1.807, 2.05) is 0 Å². The van der Waals surface area contributed by atoms with Crippen LogP contribution >= 0.6 is 0 Å². The number of halogens is 2. The molecule has 2 amide bonds. The summed E-state index contributed by atoms with van der Waals surface area (Å²) in [5.41, 5.74) is 1.81. The predicted octanol–water partition coefficient (Wildman–Crippen LogP) is 3.79. The second kappa shape index (κ2) is 10.5. The number of nitrogens with zero attached hydrogens (tertiary/aromatic N) is 1. The van der Waals surface area contributed by atoms with Crippen molar-refractivity contribution in [1.82, 2.24) is 4.72 Å². The lowest BCUT2D eigenvalue weighted by Gasteiger charge is -2.20. The molecule has 0 saturated heterocycles. The minimum absolute atomic E-state index is 0.00155. The third-order valence-electron chi connectivity index (χ3n) is 5.95. The Kier molecular flexibility index (Phi) is 7.46. The molecule has 0 aliphatic carbocycles. The van der Waals surface area contributed by atoms with E-state index in [9.17, 15) is 26.8 Å². The van der Waals surface area contributed by atoms with Crippen LogP contribution in [0.4, 0.5) is 20.2 Å². The zero-order valence-corrected chi connectivity index (χ0v) is 20.3. The standard InChI is InChI=1S/C26H25F2N3O4S/c1-2-25(32)31-13-12-18-15-20(9-11-24(18)31)36(34,35)30-23(14-17-6-4-3-5-7-17)26(33)29-22-10-8-19(27)16-21(22)28/h3-11,15-16,23,30H,2,12-14H2,1H3,(H,29,33)/t23-/m1/s1. The summed E-state index contributed by atoms with van der Waals surface area (Å²) in [6, 6.07) is 14.6. The van der Waals surface area contributed by atoms with Crippen LogP contribution in [-0.2, 0) is 32.5 Å². The molecule has 1 aliphatic rings. The van der Waals surface area contributed by atoms with Gasteiger partial charge in [0, 0.05) is 24.7 Å². The molecule has 1 aliphatic heterocycles. The Hall–Kier alpha value is -3.63. The molecule has 0 radical (unpaired) electrons. The number of rotatable bonds is 8. The quantitative estimate of drug-likeness (QED) is 0.479. The fraction of sp³-hybridized carbons (Fsp3) is 0.231. The summed E-state index contributed by atoms with van der Waals surface area (Å²) in [6.07, 6.45) is 0.854. The smallest absolute Gasteiger partial charge is 0.242 e. The molecule has 3 aromatic carbocycles. The van der Waals surface area contributed by atoms with Crippen LogP contribution in [0.2, 0.25) is 0 Å². The Morgan fingerprint density at radius 2 is 1.78 bits per heavy atom. The van der Waals surface area contributed by atoms with Crippen molar-refractivity contribution in [1.29, 1.82) is 0 Å². The number of sulfonamides is 1. The highest BCUT2D eigenvalue weighted by Crippen LogP contribution is 2.31. The van der Waals surface area contributed by atoms with Gasteiger partial charge in [0.1, 0.15) is 17.7 Å². The van der Waals surface area contributed by atoms with Crippen LogP contribution in [0.3, 0.4) is 0 Å². The van der Waals surface area contributed by atoms with Crippen molar-refractivity contribution in [3.63, 3.8) is 0 Å². The summed E-state index contributed by atoms with van der Waals surface area (Å²) < 4.78 is 56.4. The van der Waals surface area contributed by atoms with Gasteiger partial charge in [0.05, 0.1) is 10.6 Å². The van der Waals surface area contributed by atoms with Gasteiger partial charge >= 0.3 is 0 Å². The molecule has 7 nitrogen and oxygen atoms in total. The average molecular weight is 514 g/mol. The number of carbonyl (C=O) groups is 2. The van der Waals surface area contributed by atoms with Crippen molar-refractivity contribution < 1.29 is 26.8 Å². The minimum Gasteiger partial charge on any atom is -0.322 e. The van der Waals surface area contributed by atoms with Gasteiger partial charge in [-0.25, -0.2) is 17.2 Å². The van der Waals surface area contributed by atoms with Crippen LogP contribution in [0.15, 0.2) is 71.6 Å². The second-order valence-corrected chi connectivity index (χ2v) is 10.1. The molecule has 0 saturated carbocycles. The maximum Gasteiger partial charge on any atom is 0.242 e. The van der Waals surface area contributed by atoms with Crippen molar-refractivity contribution in [3.05, 3.63) is 89.5 Å². The lowest BCUT2D eigenvalue weighted by molar-refractivity contribution is -0.118. The van der Waals surface area contributed by atoms with Gasteiger partial charge < -0.3 is 10.2 Å². The summed E-state index contributed by atoms with van der Waals surface area (Å²) >= 11 is 0. The summed E-state index contributed by atoms with van der Waals surface area (Å²) in [5, 5.41) is 2.35. The number of hydrogen-bond acceptors (Lipinski definition) is 4. The fourth-order valence-corrected chi connectivity index (χ4v) is 5.34. The molecular formula is C26H25F2N3O4S. The number of benzene rings is 3. The van der Waals surface area contributed by atoms with Gasteiger partial charge in [-0.2, -0.15) is 4.72 Å². The monoisotopic (exact) mass is 513 g/mol. The highest BCUT2D eigenvalue weighted by molar-refractivity contribution is 7.89. The van der Waals surface area contributed by atoms with Gasteiger partial charge in [0.25, 0.3) is 0 Å². The Balaban J connectivity index is 1.60. The third kappa shape index (κ3) is 5.60. The number of carbonyl (C=O) groups excluding carboxylic acids is 2. The number of fused-ring (bicyclic) bond motifs is 1. The molecule has 1 heterocycles. The van der Waals surface area contributed by atoms with Crippen molar-refractivity contribution >= 4 is 33.2 Å². The SMILES string of the molecule is CCC(=O)N1CCc2cc(S(=O)(=O)N[C@H](Cc3ccccc3)C(=O)Nc3ccc(F)cc3F)ccc21. The Morgan fingerprint density at radius 3 is 2.47 bits per heavy atom. The topological polar surface area (TPSA) is 95.6 Å². The molecule has 0 unspecified atom stereocenters. The summed E-state index contributed by atoms with van der Waals surface area (Å²) in [4.78, 5) is 26.8. The molecule has 0 aromatic heterocycles. The molecule has 3 aromatic rings. The van der Waals surface area contributed by atoms with Crippen LogP contribution in [-0.4, -0.2) is 32.8 Å². The molecular weight excluding hydrogens is 488 g/mol. The Labute approximate surface area is 208 Å². The van der Waals surface area contributed by atoms with E-state index >= 15 is 0 Å². The molecule has 188 valence electrons. The number of amides is 2. The number of anilines is 2. The van der Waals surface area contributed by atoms with E-state index in [0.29, 0.717) is 36.7 Å². The van der Waals surface area contributed by atoms with Crippen molar-refractivity contribution in [2.75, 3.05) is 16.8 Å². The summed E-state index contributed by atoms with van der Waals surface area (Å²) in [5.74, 6) is -2.62. The fourth-order valence-electron chi connectivity index (χ4n) is 4.10. The van der Waals surface area contributed by atoms with E-state index in [1.54, 1.807) is 48.2 Å². The predicted molar refractivity (Wildman–Crippen MR) is 132 cm³/mol. The Morgan fingerprint density at radius 1 is 1.03 bits per heavy atom. The van der Waals surface area contributed by atoms with Crippen LogP contribution in [0, 0.1) is 11.6 Å². The van der Waals surface area contributed by atoms with Crippen LogP contribution in [0.25, 0.3) is 0 Å². The highest BCUT2D eigenvalue weighted by Gasteiger charge is 2.29. The minimum atomic E-state index is -4.17. The average Bonchev–Trinajstić information content (AvgIpc) is 3.29. The highest BCUT2D eigenvalue weighted by atomic mass is 32.2.